The minimum atomic E-state index is -0.870. The summed E-state index contributed by atoms with van der Waals surface area (Å²) in [6, 6.07) is 5.82. The third-order valence-electron chi connectivity index (χ3n) is 3.75. The first kappa shape index (κ1) is 14.5. The Hall–Kier alpha value is -1.91. The third kappa shape index (κ3) is 3.15. The van der Waals surface area contributed by atoms with Crippen LogP contribution >= 0.6 is 0 Å². The van der Waals surface area contributed by atoms with Gasteiger partial charge in [-0.1, -0.05) is 12.1 Å². The lowest BCUT2D eigenvalue weighted by Crippen LogP contribution is -2.40. The maximum absolute atomic E-state index is 12.9. The van der Waals surface area contributed by atoms with Gasteiger partial charge in [-0.05, 0) is 43.9 Å². The SMILES string of the molecule is CC(CCC(=O)O)NC(=O)C1(c2ccc(F)cc2)CC1. The van der Waals surface area contributed by atoms with E-state index in [0.29, 0.717) is 6.42 Å². The molecule has 1 saturated carbocycles. The summed E-state index contributed by atoms with van der Waals surface area (Å²) < 4.78 is 12.9. The van der Waals surface area contributed by atoms with Gasteiger partial charge in [-0.3, -0.25) is 9.59 Å². The van der Waals surface area contributed by atoms with E-state index < -0.39 is 11.4 Å². The van der Waals surface area contributed by atoms with Crippen molar-refractivity contribution in [2.24, 2.45) is 0 Å². The van der Waals surface area contributed by atoms with Crippen molar-refractivity contribution < 1.29 is 19.1 Å². The average Bonchev–Trinajstić information content (AvgIpc) is 3.18. The number of halogens is 1. The molecule has 0 bridgehead atoms. The molecule has 0 spiro atoms. The number of hydrogen-bond donors (Lipinski definition) is 2. The molecule has 1 aliphatic rings. The number of nitrogens with one attached hydrogen (secondary N) is 1. The molecule has 1 fully saturated rings. The lowest BCUT2D eigenvalue weighted by molar-refractivity contribution is -0.137. The zero-order valence-corrected chi connectivity index (χ0v) is 11.4. The number of amides is 1. The van der Waals surface area contributed by atoms with E-state index in [9.17, 15) is 14.0 Å². The van der Waals surface area contributed by atoms with Crippen LogP contribution in [0.25, 0.3) is 0 Å². The summed E-state index contributed by atoms with van der Waals surface area (Å²) in [6.07, 6.45) is 1.93. The summed E-state index contributed by atoms with van der Waals surface area (Å²) in [5.41, 5.74) is 0.271. The van der Waals surface area contributed by atoms with E-state index in [4.69, 9.17) is 5.11 Å². The van der Waals surface area contributed by atoms with Gasteiger partial charge in [0.05, 0.1) is 5.41 Å². The Morgan fingerprint density at radius 2 is 1.95 bits per heavy atom. The average molecular weight is 279 g/mol. The minimum Gasteiger partial charge on any atom is -0.481 e. The van der Waals surface area contributed by atoms with Crippen LogP contribution in [0.4, 0.5) is 4.39 Å². The summed E-state index contributed by atoms with van der Waals surface area (Å²) >= 11 is 0. The van der Waals surface area contributed by atoms with E-state index >= 15 is 0 Å². The van der Waals surface area contributed by atoms with Crippen molar-refractivity contribution in [2.75, 3.05) is 0 Å². The Bertz CT molecular complexity index is 508. The lowest BCUT2D eigenvalue weighted by Gasteiger charge is -2.19. The van der Waals surface area contributed by atoms with E-state index in [-0.39, 0.29) is 24.2 Å². The van der Waals surface area contributed by atoms with Crippen LogP contribution in [0.15, 0.2) is 24.3 Å². The van der Waals surface area contributed by atoms with E-state index in [0.717, 1.165) is 18.4 Å². The van der Waals surface area contributed by atoms with Gasteiger partial charge >= 0.3 is 5.97 Å². The quantitative estimate of drug-likeness (QED) is 0.839. The van der Waals surface area contributed by atoms with Gasteiger partial charge in [0.15, 0.2) is 0 Å². The van der Waals surface area contributed by atoms with Gasteiger partial charge in [0, 0.05) is 12.5 Å². The number of carboxylic acids is 1. The smallest absolute Gasteiger partial charge is 0.303 e. The molecular weight excluding hydrogens is 261 g/mol. The first-order chi connectivity index (χ1) is 9.44. The van der Waals surface area contributed by atoms with E-state index in [1.807, 2.05) is 0 Å². The molecule has 0 radical (unpaired) electrons. The van der Waals surface area contributed by atoms with Crippen molar-refractivity contribution in [3.8, 4) is 0 Å². The maximum atomic E-state index is 12.9. The number of rotatable bonds is 6. The molecule has 0 aromatic heterocycles. The molecule has 1 aliphatic carbocycles. The fourth-order valence-electron chi connectivity index (χ4n) is 2.31. The second-order valence-corrected chi connectivity index (χ2v) is 5.40. The van der Waals surface area contributed by atoms with E-state index in [2.05, 4.69) is 5.32 Å². The Morgan fingerprint density at radius 1 is 1.35 bits per heavy atom. The molecule has 2 rings (SSSR count). The second kappa shape index (κ2) is 5.61. The number of carboxylic acid groups (broad SMARTS) is 1. The maximum Gasteiger partial charge on any atom is 0.303 e. The summed E-state index contributed by atoms with van der Waals surface area (Å²) in [6.45, 7) is 1.79. The fourth-order valence-corrected chi connectivity index (χ4v) is 2.31. The summed E-state index contributed by atoms with van der Waals surface area (Å²) in [5, 5.41) is 11.5. The van der Waals surface area contributed by atoms with Crippen LogP contribution < -0.4 is 5.32 Å². The molecule has 1 atom stereocenters. The first-order valence-electron chi connectivity index (χ1n) is 6.73. The fraction of sp³-hybridized carbons (Fsp3) is 0.467. The van der Waals surface area contributed by atoms with Crippen molar-refractivity contribution in [3.63, 3.8) is 0 Å². The molecule has 4 nitrogen and oxygen atoms in total. The molecule has 1 unspecified atom stereocenters. The molecule has 1 aromatic rings. The van der Waals surface area contributed by atoms with Crippen molar-refractivity contribution in [2.45, 2.75) is 44.1 Å². The molecule has 0 heterocycles. The zero-order valence-electron chi connectivity index (χ0n) is 11.4. The number of carbonyl (C=O) groups is 2. The Labute approximate surface area is 117 Å². The van der Waals surface area contributed by atoms with Crippen LogP contribution in [0.1, 0.15) is 38.2 Å². The largest absolute Gasteiger partial charge is 0.481 e. The monoisotopic (exact) mass is 279 g/mol. The van der Waals surface area contributed by atoms with E-state index in [1.165, 1.54) is 12.1 Å². The molecule has 20 heavy (non-hydrogen) atoms. The summed E-state index contributed by atoms with van der Waals surface area (Å²) in [4.78, 5) is 22.8. The lowest BCUT2D eigenvalue weighted by atomic mass is 9.94. The van der Waals surface area contributed by atoms with Gasteiger partial charge in [0.25, 0.3) is 0 Å². The highest BCUT2D eigenvalue weighted by Crippen LogP contribution is 2.48. The van der Waals surface area contributed by atoms with Crippen molar-refractivity contribution in [1.29, 1.82) is 0 Å². The predicted molar refractivity (Wildman–Crippen MR) is 71.8 cm³/mol. The molecule has 2 N–H and O–H groups in total. The van der Waals surface area contributed by atoms with Crippen molar-refractivity contribution >= 4 is 11.9 Å². The number of carbonyl (C=O) groups excluding carboxylic acids is 1. The van der Waals surface area contributed by atoms with Gasteiger partial charge < -0.3 is 10.4 Å². The molecule has 0 saturated heterocycles. The van der Waals surface area contributed by atoms with Crippen LogP contribution in [-0.4, -0.2) is 23.0 Å². The predicted octanol–water partition coefficient (Wildman–Crippen LogP) is 2.23. The normalized spacial score (nSPS) is 17.3. The highest BCUT2D eigenvalue weighted by atomic mass is 19.1. The summed E-state index contributed by atoms with van der Waals surface area (Å²) in [7, 11) is 0. The van der Waals surface area contributed by atoms with Gasteiger partial charge in [0.2, 0.25) is 5.91 Å². The Kier molecular flexibility index (Phi) is 4.06. The molecule has 5 heteroatoms. The van der Waals surface area contributed by atoms with Crippen LogP contribution in [0.2, 0.25) is 0 Å². The topological polar surface area (TPSA) is 66.4 Å². The van der Waals surface area contributed by atoms with Gasteiger partial charge in [0.1, 0.15) is 5.82 Å². The molecule has 1 aromatic carbocycles. The zero-order chi connectivity index (χ0) is 14.8. The van der Waals surface area contributed by atoms with Crippen LogP contribution in [0, 0.1) is 5.82 Å². The van der Waals surface area contributed by atoms with Gasteiger partial charge in [-0.15, -0.1) is 0 Å². The van der Waals surface area contributed by atoms with Crippen molar-refractivity contribution in [1.82, 2.24) is 5.32 Å². The van der Waals surface area contributed by atoms with E-state index in [1.54, 1.807) is 19.1 Å². The van der Waals surface area contributed by atoms with Gasteiger partial charge in [-0.2, -0.15) is 0 Å². The highest BCUT2D eigenvalue weighted by Gasteiger charge is 2.51. The van der Waals surface area contributed by atoms with Crippen molar-refractivity contribution in [3.05, 3.63) is 35.6 Å². The van der Waals surface area contributed by atoms with Crippen LogP contribution in [0.5, 0.6) is 0 Å². The third-order valence-corrected chi connectivity index (χ3v) is 3.75. The number of benzene rings is 1. The van der Waals surface area contributed by atoms with Crippen LogP contribution in [-0.2, 0) is 15.0 Å². The molecule has 1 amide bonds. The second-order valence-electron chi connectivity index (χ2n) is 5.40. The molecular formula is C15H18FNO3. The minimum absolute atomic E-state index is 0.0327. The number of hydrogen-bond acceptors (Lipinski definition) is 2. The highest BCUT2D eigenvalue weighted by molar-refractivity contribution is 5.91. The van der Waals surface area contributed by atoms with Crippen LogP contribution in [0.3, 0.4) is 0 Å². The first-order valence-corrected chi connectivity index (χ1v) is 6.73. The number of aliphatic carboxylic acids is 1. The Morgan fingerprint density at radius 3 is 2.45 bits per heavy atom. The molecule has 0 aliphatic heterocycles. The van der Waals surface area contributed by atoms with Gasteiger partial charge in [-0.25, -0.2) is 4.39 Å². The summed E-state index contributed by atoms with van der Waals surface area (Å²) in [5.74, 6) is -1.28. The Balaban J connectivity index is 1.98. The molecule has 108 valence electrons. The standard InChI is InChI=1S/C15H18FNO3/c1-10(2-7-13(18)19)17-14(20)15(8-9-15)11-3-5-12(16)6-4-11/h3-6,10H,2,7-9H2,1H3,(H,17,20)(H,18,19).